The summed E-state index contributed by atoms with van der Waals surface area (Å²) in [6, 6.07) is 0. The lowest BCUT2D eigenvalue weighted by atomic mass is 10.5. The molecule has 12 heavy (non-hydrogen) atoms. The number of carbonyl (C=O) groups is 1. The first-order valence-electron chi connectivity index (χ1n) is 3.13. The van der Waals surface area contributed by atoms with Crippen LogP contribution in [0.25, 0.3) is 0 Å². The molecule has 0 aromatic carbocycles. The summed E-state index contributed by atoms with van der Waals surface area (Å²) in [6.45, 7) is 1.52. The molecule has 0 atom stereocenters. The van der Waals surface area contributed by atoms with E-state index in [1.807, 2.05) is 0 Å². The van der Waals surface area contributed by atoms with Crippen LogP contribution in [0.2, 0.25) is 0 Å². The highest BCUT2D eigenvalue weighted by Gasteiger charge is 2.07. The zero-order valence-corrected chi connectivity index (χ0v) is 8.74. The molecule has 0 fully saturated rings. The van der Waals surface area contributed by atoms with Crippen LogP contribution in [0.4, 0.5) is 5.13 Å². The van der Waals surface area contributed by atoms with Crippen molar-refractivity contribution in [3.8, 4) is 0 Å². The first-order valence-corrected chi connectivity index (χ1v) is 4.74. The van der Waals surface area contributed by atoms with Crippen LogP contribution in [0, 0.1) is 0 Å². The SMILES string of the molecule is CC(=O)OCc1nc(N)sc1Br. The Balaban J connectivity index is 2.62. The Morgan fingerprint density at radius 2 is 2.50 bits per heavy atom. The lowest BCUT2D eigenvalue weighted by Gasteiger charge is -1.97. The van der Waals surface area contributed by atoms with Gasteiger partial charge in [-0.05, 0) is 15.9 Å². The van der Waals surface area contributed by atoms with Crippen LogP contribution in [0.1, 0.15) is 12.6 Å². The van der Waals surface area contributed by atoms with Crippen LogP contribution < -0.4 is 5.73 Å². The number of halogens is 1. The number of nitrogen functional groups attached to an aromatic ring is 1. The van der Waals surface area contributed by atoms with E-state index in [1.54, 1.807) is 0 Å². The predicted molar refractivity (Wildman–Crippen MR) is 49.7 cm³/mol. The Morgan fingerprint density at radius 1 is 1.83 bits per heavy atom. The third-order valence-corrected chi connectivity index (χ3v) is 2.74. The Morgan fingerprint density at radius 3 is 2.92 bits per heavy atom. The monoisotopic (exact) mass is 250 g/mol. The van der Waals surface area contributed by atoms with Crippen LogP contribution in [0.15, 0.2) is 3.79 Å². The van der Waals surface area contributed by atoms with E-state index in [-0.39, 0.29) is 12.6 Å². The van der Waals surface area contributed by atoms with Crippen LogP contribution in [-0.2, 0) is 16.1 Å². The minimum atomic E-state index is -0.325. The van der Waals surface area contributed by atoms with Crippen LogP contribution in [0.5, 0.6) is 0 Å². The molecule has 0 saturated carbocycles. The lowest BCUT2D eigenvalue weighted by molar-refractivity contribution is -0.142. The van der Waals surface area contributed by atoms with Crippen molar-refractivity contribution in [3.63, 3.8) is 0 Å². The van der Waals surface area contributed by atoms with E-state index < -0.39 is 0 Å². The minimum absolute atomic E-state index is 0.170. The van der Waals surface area contributed by atoms with Crippen molar-refractivity contribution in [2.75, 3.05) is 5.73 Å². The van der Waals surface area contributed by atoms with Gasteiger partial charge in [0.05, 0.1) is 3.79 Å². The average molecular weight is 251 g/mol. The number of rotatable bonds is 2. The van der Waals surface area contributed by atoms with Gasteiger partial charge in [0.15, 0.2) is 5.13 Å². The molecule has 0 aliphatic carbocycles. The van der Waals surface area contributed by atoms with Crippen LogP contribution in [-0.4, -0.2) is 11.0 Å². The number of nitrogens with zero attached hydrogens (tertiary/aromatic N) is 1. The Kier molecular flexibility index (Phi) is 3.05. The molecule has 0 bridgehead atoms. The Labute approximate surface area is 81.9 Å². The van der Waals surface area contributed by atoms with Crippen molar-refractivity contribution in [1.29, 1.82) is 0 Å². The summed E-state index contributed by atoms with van der Waals surface area (Å²) < 4.78 is 5.55. The molecule has 6 heteroatoms. The smallest absolute Gasteiger partial charge is 0.303 e. The number of ether oxygens (including phenoxy) is 1. The second-order valence-corrected chi connectivity index (χ2v) is 4.40. The maximum Gasteiger partial charge on any atom is 0.303 e. The minimum Gasteiger partial charge on any atom is -0.459 e. The summed E-state index contributed by atoms with van der Waals surface area (Å²) in [5.41, 5.74) is 6.08. The first-order chi connectivity index (χ1) is 5.59. The van der Waals surface area contributed by atoms with Gasteiger partial charge in [-0.25, -0.2) is 4.98 Å². The van der Waals surface area contributed by atoms with E-state index in [0.717, 1.165) is 3.79 Å². The van der Waals surface area contributed by atoms with Gasteiger partial charge in [0.1, 0.15) is 12.3 Å². The van der Waals surface area contributed by atoms with Crippen molar-refractivity contribution < 1.29 is 9.53 Å². The van der Waals surface area contributed by atoms with E-state index >= 15 is 0 Å². The number of esters is 1. The fourth-order valence-electron chi connectivity index (χ4n) is 0.610. The highest BCUT2D eigenvalue weighted by molar-refractivity contribution is 9.11. The summed E-state index contributed by atoms with van der Waals surface area (Å²) in [5, 5.41) is 0.462. The van der Waals surface area contributed by atoms with Gasteiger partial charge in [-0.1, -0.05) is 11.3 Å². The van der Waals surface area contributed by atoms with Gasteiger partial charge in [0, 0.05) is 6.92 Å². The number of aromatic nitrogens is 1. The maximum absolute atomic E-state index is 10.4. The molecule has 2 N–H and O–H groups in total. The molecule has 0 aliphatic heterocycles. The molecule has 1 rings (SSSR count). The topological polar surface area (TPSA) is 65.2 Å². The molecular formula is C6H7BrN2O2S. The van der Waals surface area contributed by atoms with Gasteiger partial charge in [0.25, 0.3) is 0 Å². The molecular weight excluding hydrogens is 244 g/mol. The number of hydrogen-bond donors (Lipinski definition) is 1. The molecule has 1 aromatic heterocycles. The van der Waals surface area contributed by atoms with Gasteiger partial charge >= 0.3 is 5.97 Å². The third-order valence-electron chi connectivity index (χ3n) is 1.08. The van der Waals surface area contributed by atoms with Gasteiger partial charge in [-0.2, -0.15) is 0 Å². The van der Waals surface area contributed by atoms with Crippen molar-refractivity contribution >= 4 is 38.4 Å². The Bertz CT molecular complexity index is 300. The molecule has 1 heterocycles. The molecule has 1 aromatic rings. The van der Waals surface area contributed by atoms with E-state index in [4.69, 9.17) is 10.5 Å². The summed E-state index contributed by atoms with van der Waals surface area (Å²) in [5.74, 6) is -0.325. The molecule has 0 radical (unpaired) electrons. The first kappa shape index (κ1) is 9.47. The normalized spacial score (nSPS) is 9.83. The summed E-state index contributed by atoms with van der Waals surface area (Å²) in [4.78, 5) is 14.4. The molecule has 0 saturated heterocycles. The zero-order valence-electron chi connectivity index (χ0n) is 6.33. The predicted octanol–water partition coefficient (Wildman–Crippen LogP) is 1.55. The highest BCUT2D eigenvalue weighted by atomic mass is 79.9. The summed E-state index contributed by atoms with van der Waals surface area (Å²) in [7, 11) is 0. The molecule has 4 nitrogen and oxygen atoms in total. The van der Waals surface area contributed by atoms with E-state index in [1.165, 1.54) is 18.3 Å². The van der Waals surface area contributed by atoms with Crippen molar-refractivity contribution in [2.24, 2.45) is 0 Å². The van der Waals surface area contributed by atoms with Crippen LogP contribution >= 0.6 is 27.3 Å². The highest BCUT2D eigenvalue weighted by Crippen LogP contribution is 2.26. The lowest BCUT2D eigenvalue weighted by Crippen LogP contribution is -1.99. The quantitative estimate of drug-likeness (QED) is 0.810. The van der Waals surface area contributed by atoms with Crippen molar-refractivity contribution in [2.45, 2.75) is 13.5 Å². The Hall–Kier alpha value is -0.620. The summed E-state index contributed by atoms with van der Waals surface area (Å²) >= 11 is 4.56. The molecule has 66 valence electrons. The second-order valence-electron chi connectivity index (χ2n) is 2.05. The van der Waals surface area contributed by atoms with Gasteiger partial charge in [0.2, 0.25) is 0 Å². The second kappa shape index (κ2) is 3.86. The van der Waals surface area contributed by atoms with Crippen molar-refractivity contribution in [3.05, 3.63) is 9.48 Å². The number of anilines is 1. The molecule has 0 aliphatic rings. The van der Waals surface area contributed by atoms with E-state index in [2.05, 4.69) is 20.9 Å². The number of nitrogens with two attached hydrogens (primary N) is 1. The van der Waals surface area contributed by atoms with E-state index in [9.17, 15) is 4.79 Å². The van der Waals surface area contributed by atoms with Gasteiger partial charge in [-0.3, -0.25) is 4.79 Å². The summed E-state index contributed by atoms with van der Waals surface area (Å²) in [6.07, 6.45) is 0. The fraction of sp³-hybridized carbons (Fsp3) is 0.333. The largest absolute Gasteiger partial charge is 0.459 e. The standard InChI is InChI=1S/C6H7BrN2O2S/c1-3(10)11-2-4-5(7)12-6(8)9-4/h2H2,1H3,(H2,8,9). The maximum atomic E-state index is 10.4. The average Bonchev–Trinajstić information content (AvgIpc) is 2.26. The van der Waals surface area contributed by atoms with E-state index in [0.29, 0.717) is 10.8 Å². The number of thiazole rings is 1. The number of carbonyl (C=O) groups excluding carboxylic acids is 1. The fourth-order valence-corrected chi connectivity index (χ4v) is 1.87. The molecule has 0 spiro atoms. The van der Waals surface area contributed by atoms with Crippen LogP contribution in [0.3, 0.4) is 0 Å². The zero-order chi connectivity index (χ0) is 9.14. The number of hydrogen-bond acceptors (Lipinski definition) is 5. The molecule has 0 amide bonds. The van der Waals surface area contributed by atoms with Crippen molar-refractivity contribution in [1.82, 2.24) is 4.98 Å². The van der Waals surface area contributed by atoms with Gasteiger partial charge < -0.3 is 10.5 Å². The van der Waals surface area contributed by atoms with Gasteiger partial charge in [-0.15, -0.1) is 0 Å². The third kappa shape index (κ3) is 2.46. The molecule has 0 unspecified atom stereocenters.